The topological polar surface area (TPSA) is 169 Å². The van der Waals surface area contributed by atoms with Crippen molar-refractivity contribution in [3.63, 3.8) is 0 Å². The molecule has 1 aromatic heterocycles. The summed E-state index contributed by atoms with van der Waals surface area (Å²) < 4.78 is 22.3. The number of likely N-dealkylation sites (N-methyl/N-ethyl adjacent to an activating group) is 1. The number of aromatic nitrogens is 1. The van der Waals surface area contributed by atoms with E-state index in [0.29, 0.717) is 48.7 Å². The molecule has 55 heavy (non-hydrogen) atoms. The second-order valence-corrected chi connectivity index (χ2v) is 16.0. The van der Waals surface area contributed by atoms with Crippen molar-refractivity contribution in [2.45, 2.75) is 109 Å². The van der Waals surface area contributed by atoms with Gasteiger partial charge in [-0.3, -0.25) is 24.1 Å². The molecule has 0 spiro atoms. The Morgan fingerprint density at radius 3 is 2.51 bits per heavy atom. The van der Waals surface area contributed by atoms with Crippen LogP contribution in [-0.2, 0) is 35.0 Å². The number of rotatable bonds is 20. The van der Waals surface area contributed by atoms with Crippen molar-refractivity contribution in [3.8, 4) is 5.75 Å². The van der Waals surface area contributed by atoms with Crippen LogP contribution in [0.1, 0.15) is 105 Å². The second-order valence-electron chi connectivity index (χ2n) is 15.1. The molecule has 14 nitrogen and oxygen atoms in total. The van der Waals surface area contributed by atoms with Crippen LogP contribution in [0, 0.1) is 11.8 Å². The fourth-order valence-corrected chi connectivity index (χ4v) is 8.49. The lowest BCUT2D eigenvalue weighted by atomic mass is 9.80. The molecule has 0 radical (unpaired) electrons. The molecule has 2 heterocycles. The highest BCUT2D eigenvalue weighted by atomic mass is 32.1. The number of hydrogen-bond donors (Lipinski definition) is 3. The van der Waals surface area contributed by atoms with Crippen molar-refractivity contribution in [3.05, 3.63) is 45.4 Å². The minimum atomic E-state index is -0.963. The van der Waals surface area contributed by atoms with Crippen molar-refractivity contribution in [2.24, 2.45) is 11.8 Å². The van der Waals surface area contributed by atoms with Gasteiger partial charge in [0.25, 0.3) is 5.91 Å². The van der Waals surface area contributed by atoms with Crippen LogP contribution in [-0.4, -0.2) is 123 Å². The number of carboxylic acids is 1. The first-order valence-corrected chi connectivity index (χ1v) is 20.3. The normalized spacial score (nSPS) is 20.9. The van der Waals surface area contributed by atoms with E-state index in [-0.39, 0.29) is 54.6 Å². The Hall–Kier alpha value is -3.63. The van der Waals surface area contributed by atoms with E-state index in [1.54, 1.807) is 31.7 Å². The van der Waals surface area contributed by atoms with Gasteiger partial charge < -0.3 is 39.6 Å². The number of nitrogens with zero attached hydrogens (tertiary/aromatic N) is 3. The Balaban J connectivity index is 1.55. The van der Waals surface area contributed by atoms with Crippen LogP contribution in [0.3, 0.4) is 0 Å². The molecular formula is C40H61N5O9S. The van der Waals surface area contributed by atoms with Gasteiger partial charge in [-0.15, -0.1) is 11.3 Å². The number of carbonyl (C=O) groups excluding carboxylic acids is 3. The van der Waals surface area contributed by atoms with Gasteiger partial charge in [0.1, 0.15) is 35.4 Å². The molecule has 306 valence electrons. The summed E-state index contributed by atoms with van der Waals surface area (Å²) in [6, 6.07) is 3.63. The number of amides is 3. The highest BCUT2D eigenvalue weighted by Crippen LogP contribution is 2.35. The van der Waals surface area contributed by atoms with E-state index >= 15 is 0 Å². The molecule has 1 aromatic carbocycles. The number of hydrogen-bond acceptors (Lipinski definition) is 11. The maximum atomic E-state index is 14.7. The first kappa shape index (κ1) is 44.1. The zero-order valence-electron chi connectivity index (χ0n) is 33.7. The van der Waals surface area contributed by atoms with Crippen molar-refractivity contribution < 1.29 is 43.2 Å². The predicted octanol–water partition coefficient (Wildman–Crippen LogP) is 4.63. The van der Waals surface area contributed by atoms with Crippen molar-refractivity contribution in [1.82, 2.24) is 25.4 Å². The smallest absolute Gasteiger partial charge is 0.311 e. The molecule has 2 aromatic rings. The average Bonchev–Trinajstić information content (AvgIpc) is 3.67. The molecule has 7 atom stereocenters. The zero-order valence-corrected chi connectivity index (χ0v) is 34.5. The van der Waals surface area contributed by atoms with E-state index in [9.17, 15) is 24.3 Å². The molecule has 0 bridgehead atoms. The first-order valence-electron chi connectivity index (χ1n) is 19.4. The molecule has 0 saturated carbocycles. The summed E-state index contributed by atoms with van der Waals surface area (Å²) in [6.45, 7) is 9.51. The fourth-order valence-electron chi connectivity index (χ4n) is 7.63. The van der Waals surface area contributed by atoms with Gasteiger partial charge in [0.15, 0.2) is 0 Å². The van der Waals surface area contributed by atoms with Crippen molar-refractivity contribution in [1.29, 1.82) is 0 Å². The predicted molar refractivity (Wildman–Crippen MR) is 209 cm³/mol. The van der Waals surface area contributed by atoms with E-state index in [2.05, 4.69) is 15.5 Å². The van der Waals surface area contributed by atoms with Gasteiger partial charge in [0.05, 0.1) is 25.7 Å². The number of carboxylic acid groups (broad SMARTS) is 1. The molecule has 4 rings (SSSR count). The van der Waals surface area contributed by atoms with E-state index in [1.165, 1.54) is 18.4 Å². The fraction of sp³-hybridized carbons (Fsp3) is 0.675. The lowest BCUT2D eigenvalue weighted by Crippen LogP contribution is -2.59. The molecule has 1 aliphatic heterocycles. The highest BCUT2D eigenvalue weighted by molar-refractivity contribution is 7.09. The number of nitrogens with one attached hydrogen (secondary N) is 2. The van der Waals surface area contributed by atoms with Crippen molar-refractivity contribution in [2.75, 3.05) is 54.9 Å². The SMILES string of the molecule is CCC(C)C(NC(=O)C1CCCCN1C)C(=O)N(CCOC)[C@H](C[C@@H](OCOC)c1nc(C(=O)N[C@H]2Cc3ccc(OC)cc3[C@H](C(=O)O)C2)cs1)C(C)C. The maximum Gasteiger partial charge on any atom is 0.311 e. The minimum absolute atomic E-state index is 0.0220. The molecular weight excluding hydrogens is 727 g/mol. The van der Waals surface area contributed by atoms with Gasteiger partial charge in [-0.1, -0.05) is 46.6 Å². The standard InChI is InChI=1S/C40H61N5O9S/c1-9-25(4)35(43-37(47)32-12-10-11-15-44(32)5)39(48)45(16-17-51-6)33(24(2)3)21-34(54-23-52-7)38-42-31(22-55-38)36(46)41-27-18-26-13-14-28(53-8)20-29(26)30(19-27)40(49)50/h13-14,20,22,24-25,27,30,32-35H,9-12,15-19,21,23H2,1-8H3,(H,41,46)(H,43,47)(H,49,50)/t25?,27-,30+,32?,33+,34+,35?/m0/s1. The average molecular weight is 788 g/mol. The molecule has 3 amide bonds. The van der Waals surface area contributed by atoms with Gasteiger partial charge in [-0.25, -0.2) is 4.98 Å². The van der Waals surface area contributed by atoms with Gasteiger partial charge in [0.2, 0.25) is 11.8 Å². The zero-order chi connectivity index (χ0) is 40.2. The Morgan fingerprint density at radius 2 is 1.87 bits per heavy atom. The number of aliphatic carboxylic acids is 1. The quantitative estimate of drug-likeness (QED) is 0.160. The Kier molecular flexibility index (Phi) is 16.9. The summed E-state index contributed by atoms with van der Waals surface area (Å²) in [6.07, 6.45) is 3.90. The molecule has 15 heteroatoms. The van der Waals surface area contributed by atoms with Crippen LogP contribution in [0.15, 0.2) is 23.6 Å². The molecule has 3 N–H and O–H groups in total. The third-order valence-electron chi connectivity index (χ3n) is 11.1. The van der Waals surface area contributed by atoms with Gasteiger partial charge >= 0.3 is 5.97 Å². The Morgan fingerprint density at radius 1 is 1.11 bits per heavy atom. The van der Waals surface area contributed by atoms with E-state index in [0.717, 1.165) is 31.4 Å². The lowest BCUT2D eigenvalue weighted by Gasteiger charge is -2.40. The van der Waals surface area contributed by atoms with Crippen LogP contribution >= 0.6 is 11.3 Å². The number of carbonyl (C=O) groups is 4. The third-order valence-corrected chi connectivity index (χ3v) is 12.0. The molecule has 1 saturated heterocycles. The van der Waals surface area contributed by atoms with E-state index < -0.39 is 36.0 Å². The molecule has 2 aliphatic rings. The maximum absolute atomic E-state index is 14.7. The van der Waals surface area contributed by atoms with Crippen LogP contribution in [0.25, 0.3) is 0 Å². The lowest BCUT2D eigenvalue weighted by molar-refractivity contribution is -0.144. The van der Waals surface area contributed by atoms with E-state index in [1.807, 2.05) is 45.7 Å². The Labute approximate surface area is 329 Å². The molecule has 1 fully saturated rings. The Bertz CT molecular complexity index is 1590. The van der Waals surface area contributed by atoms with E-state index in [4.69, 9.17) is 23.9 Å². The number of benzene rings is 1. The highest BCUT2D eigenvalue weighted by Gasteiger charge is 2.39. The van der Waals surface area contributed by atoms with Gasteiger partial charge in [0, 0.05) is 44.6 Å². The largest absolute Gasteiger partial charge is 0.497 e. The number of thiazole rings is 1. The summed E-state index contributed by atoms with van der Waals surface area (Å²) in [5, 5.41) is 18.4. The number of methoxy groups -OCH3 is 3. The van der Waals surface area contributed by atoms with Crippen LogP contribution in [0.5, 0.6) is 5.75 Å². The summed E-state index contributed by atoms with van der Waals surface area (Å²) in [4.78, 5) is 62.7. The number of fused-ring (bicyclic) bond motifs is 1. The minimum Gasteiger partial charge on any atom is -0.497 e. The second kappa shape index (κ2) is 21.1. The monoisotopic (exact) mass is 787 g/mol. The first-order chi connectivity index (χ1) is 26.3. The summed E-state index contributed by atoms with van der Waals surface area (Å²) in [7, 11) is 6.62. The number of piperidine rings is 1. The summed E-state index contributed by atoms with van der Waals surface area (Å²) in [5.41, 5.74) is 1.73. The number of likely N-dealkylation sites (tertiary alicyclic amines) is 1. The number of ether oxygens (including phenoxy) is 4. The van der Waals surface area contributed by atoms with Crippen LogP contribution in [0.4, 0.5) is 0 Å². The van der Waals surface area contributed by atoms with Gasteiger partial charge in [-0.05, 0) is 74.4 Å². The van der Waals surface area contributed by atoms with Gasteiger partial charge in [-0.2, -0.15) is 0 Å². The third kappa shape index (κ3) is 11.5. The van der Waals surface area contributed by atoms with Crippen LogP contribution < -0.4 is 15.4 Å². The summed E-state index contributed by atoms with van der Waals surface area (Å²) >= 11 is 1.28. The molecule has 1 aliphatic carbocycles. The van der Waals surface area contributed by atoms with Crippen LogP contribution in [0.2, 0.25) is 0 Å². The van der Waals surface area contributed by atoms with Crippen molar-refractivity contribution >= 4 is 35.0 Å². The summed E-state index contributed by atoms with van der Waals surface area (Å²) in [5.74, 6) is -2.01. The molecule has 3 unspecified atom stereocenters.